The molecule has 0 amide bonds. The van der Waals surface area contributed by atoms with Gasteiger partial charge in [-0.1, -0.05) is 18.2 Å². The minimum absolute atomic E-state index is 0.439. The van der Waals surface area contributed by atoms with Crippen LogP contribution < -0.4 is 11.1 Å². The second-order valence-electron chi connectivity index (χ2n) is 3.13. The summed E-state index contributed by atoms with van der Waals surface area (Å²) in [5, 5.41) is 10.1. The fourth-order valence-corrected chi connectivity index (χ4v) is 1.19. The number of quaternary nitrogens is 1. The van der Waals surface area contributed by atoms with Gasteiger partial charge in [0.15, 0.2) is 0 Å². The molecular formula is C9H16N2O5P+. The molecule has 0 atom stereocenters. The minimum Gasteiger partial charge on any atom is -0.480 e. The van der Waals surface area contributed by atoms with Crippen molar-refractivity contribution in [3.63, 3.8) is 0 Å². The summed E-state index contributed by atoms with van der Waals surface area (Å²) in [4.78, 5) is 26.1. The molecule has 0 unspecified atom stereocenters. The highest BCUT2D eigenvalue weighted by Crippen LogP contribution is 2.31. The van der Waals surface area contributed by atoms with Crippen LogP contribution in [0.15, 0.2) is 30.3 Å². The monoisotopic (exact) mass is 263 g/mol. The number of carbonyl (C=O) groups is 1. The molecule has 0 radical (unpaired) electrons. The number of aliphatic carboxylic acids is 1. The highest BCUT2D eigenvalue weighted by Gasteiger charge is 2.11. The largest absolute Gasteiger partial charge is 0.480 e. The minimum atomic E-state index is -4.10. The van der Waals surface area contributed by atoms with Crippen molar-refractivity contribution in [2.75, 3.05) is 12.8 Å². The number of carboxylic acids is 1. The van der Waals surface area contributed by atoms with E-state index in [2.05, 4.69) is 11.1 Å². The van der Waals surface area contributed by atoms with Crippen LogP contribution in [-0.4, -0.2) is 33.7 Å². The van der Waals surface area contributed by atoms with Gasteiger partial charge in [0.05, 0.1) is 12.8 Å². The van der Waals surface area contributed by atoms with E-state index in [1.807, 2.05) is 30.3 Å². The first-order valence-corrected chi connectivity index (χ1v) is 6.45. The molecule has 0 fully saturated rings. The lowest BCUT2D eigenvalue weighted by Crippen LogP contribution is -2.39. The number of nitrogens with one attached hydrogen (secondary N) is 1. The van der Waals surface area contributed by atoms with Crippen molar-refractivity contribution in [3.8, 4) is 0 Å². The summed E-state index contributed by atoms with van der Waals surface area (Å²) in [5.74, 6) is -1.14. The van der Waals surface area contributed by atoms with Gasteiger partial charge < -0.3 is 20.6 Å². The van der Waals surface area contributed by atoms with Gasteiger partial charge in [0.1, 0.15) is 5.69 Å². The first-order valence-electron chi connectivity index (χ1n) is 4.65. The van der Waals surface area contributed by atoms with Gasteiger partial charge in [0.25, 0.3) is 0 Å². The second-order valence-corrected chi connectivity index (χ2v) is 4.77. The maximum absolute atomic E-state index is 10.1. The van der Waals surface area contributed by atoms with Crippen molar-refractivity contribution in [2.24, 2.45) is 0 Å². The molecule has 17 heavy (non-hydrogen) atoms. The zero-order chi connectivity index (χ0) is 13.3. The van der Waals surface area contributed by atoms with Gasteiger partial charge in [0, 0.05) is 0 Å². The Hall–Kier alpha value is -1.24. The lowest BCUT2D eigenvalue weighted by atomic mass is 10.3. The molecule has 0 aliphatic rings. The average molecular weight is 263 g/mol. The van der Waals surface area contributed by atoms with Crippen LogP contribution in [0.4, 0.5) is 5.69 Å². The van der Waals surface area contributed by atoms with E-state index < -0.39 is 26.4 Å². The van der Waals surface area contributed by atoms with Crippen LogP contribution >= 0.6 is 7.60 Å². The molecule has 1 aromatic rings. The lowest BCUT2D eigenvalue weighted by molar-refractivity contribution is -0.254. The summed E-state index contributed by atoms with van der Waals surface area (Å²) in [7, 11) is -4.10. The first-order chi connectivity index (χ1) is 7.81. The number of benzene rings is 1. The van der Waals surface area contributed by atoms with E-state index in [-0.39, 0.29) is 0 Å². The molecule has 0 aliphatic heterocycles. The molecule has 96 valence electrons. The molecule has 8 heteroatoms. The summed E-state index contributed by atoms with van der Waals surface area (Å²) in [6.07, 6.45) is -0.598. The molecule has 7 nitrogen and oxygen atoms in total. The quantitative estimate of drug-likeness (QED) is 0.458. The summed E-state index contributed by atoms with van der Waals surface area (Å²) in [5.41, 5.74) is 4.79. The molecule has 1 aromatic carbocycles. The second kappa shape index (κ2) is 7.94. The van der Waals surface area contributed by atoms with E-state index in [9.17, 15) is 9.36 Å². The van der Waals surface area contributed by atoms with Crippen LogP contribution in [0.2, 0.25) is 0 Å². The highest BCUT2D eigenvalue weighted by atomic mass is 31.2. The van der Waals surface area contributed by atoms with Crippen molar-refractivity contribution in [1.29, 1.82) is 0 Å². The molecule has 0 spiro atoms. The number of carboxylic acid groups (broad SMARTS) is 1. The Bertz CT molecular complexity index is 378. The van der Waals surface area contributed by atoms with E-state index in [0.29, 0.717) is 0 Å². The maximum atomic E-state index is 10.1. The molecule has 7 N–H and O–H groups in total. The Kier molecular flexibility index (Phi) is 7.36. The van der Waals surface area contributed by atoms with Gasteiger partial charge in [0.2, 0.25) is 0 Å². The Morgan fingerprint density at radius 3 is 2.12 bits per heavy atom. The van der Waals surface area contributed by atoms with E-state index in [4.69, 9.17) is 14.9 Å². The maximum Gasteiger partial charge on any atom is 0.339 e. The highest BCUT2D eigenvalue weighted by molar-refractivity contribution is 7.51. The zero-order valence-electron chi connectivity index (χ0n) is 9.11. The fourth-order valence-electron chi connectivity index (χ4n) is 0.786. The van der Waals surface area contributed by atoms with Gasteiger partial charge in [-0.05, 0) is 12.1 Å². The third-order valence-electron chi connectivity index (χ3n) is 1.44. The smallest absolute Gasteiger partial charge is 0.339 e. The van der Waals surface area contributed by atoms with E-state index in [1.54, 1.807) is 0 Å². The van der Waals surface area contributed by atoms with Crippen molar-refractivity contribution in [1.82, 2.24) is 5.32 Å². The van der Waals surface area contributed by atoms with E-state index >= 15 is 0 Å². The van der Waals surface area contributed by atoms with Crippen LogP contribution in [-0.2, 0) is 9.36 Å². The van der Waals surface area contributed by atoms with Crippen molar-refractivity contribution in [2.45, 2.75) is 0 Å². The van der Waals surface area contributed by atoms with Crippen LogP contribution in [0.5, 0.6) is 0 Å². The van der Waals surface area contributed by atoms with Crippen LogP contribution in [0.3, 0.4) is 0 Å². The molecular weight excluding hydrogens is 247 g/mol. The molecule has 0 heterocycles. The number of hydrogen-bond donors (Lipinski definition) is 5. The van der Waals surface area contributed by atoms with Gasteiger partial charge in [-0.2, -0.15) is 0 Å². The standard InChI is InChI=1S/C6H7N.C3H8NO5P/c7-6-4-2-1-3-5-6;5-3(6)1-4-2-10(7,8)9/h1-5H,7H2;4H,1-2H2,(H,5,6)(H2,7,8,9)/p+1. The summed E-state index contributed by atoms with van der Waals surface area (Å²) in [6.45, 7) is -0.439. The average Bonchev–Trinajstić information content (AvgIpc) is 2.17. The Labute approximate surface area is 98.4 Å². The summed E-state index contributed by atoms with van der Waals surface area (Å²) >= 11 is 0. The first kappa shape index (κ1) is 15.8. The van der Waals surface area contributed by atoms with Gasteiger partial charge in [-0.3, -0.25) is 14.7 Å². The van der Waals surface area contributed by atoms with Gasteiger partial charge in [-0.15, -0.1) is 0 Å². The van der Waals surface area contributed by atoms with Crippen molar-refractivity contribution < 1.29 is 30.0 Å². The normalized spacial score (nSPS) is 10.3. The van der Waals surface area contributed by atoms with Crippen LogP contribution in [0, 0.1) is 0 Å². The zero-order valence-corrected chi connectivity index (χ0v) is 10.0. The molecule has 0 saturated carbocycles. The number of hydrogen-bond acceptors (Lipinski definition) is 3. The Morgan fingerprint density at radius 1 is 1.29 bits per heavy atom. The molecule has 0 aliphatic carbocycles. The lowest BCUT2D eigenvalue weighted by Gasteiger charge is -2.02. The predicted molar refractivity (Wildman–Crippen MR) is 61.5 cm³/mol. The fraction of sp³-hybridized carbons (Fsp3) is 0.222. The summed E-state index contributed by atoms with van der Waals surface area (Å²) in [6, 6.07) is 9.87. The Morgan fingerprint density at radius 2 is 1.82 bits per heavy atom. The molecule has 0 bridgehead atoms. The van der Waals surface area contributed by atoms with Crippen molar-refractivity contribution >= 4 is 19.3 Å². The van der Waals surface area contributed by atoms with Crippen molar-refractivity contribution in [3.05, 3.63) is 30.3 Å². The summed E-state index contributed by atoms with van der Waals surface area (Å²) < 4.78 is 10.1. The van der Waals surface area contributed by atoms with Gasteiger partial charge >= 0.3 is 13.6 Å². The third kappa shape index (κ3) is 12.7. The number of rotatable bonds is 4. The van der Waals surface area contributed by atoms with Crippen LogP contribution in [0.1, 0.15) is 0 Å². The molecule has 0 aromatic heterocycles. The SMILES string of the molecule is O=C(O)CNCP(=O)(O)O.[NH3+]c1ccccc1. The Balaban J connectivity index is 0.000000318. The molecule has 1 rings (SSSR count). The molecule has 0 saturated heterocycles. The van der Waals surface area contributed by atoms with E-state index in [1.165, 1.54) is 0 Å². The predicted octanol–water partition coefficient (Wildman–Crippen LogP) is -0.644. The topological polar surface area (TPSA) is 134 Å². The third-order valence-corrected chi connectivity index (χ3v) is 2.07. The van der Waals surface area contributed by atoms with E-state index in [0.717, 1.165) is 5.69 Å². The van der Waals surface area contributed by atoms with Crippen LogP contribution in [0.25, 0.3) is 0 Å². The van der Waals surface area contributed by atoms with Gasteiger partial charge in [-0.25, -0.2) is 0 Å².